The average Bonchev–Trinajstić information content (AvgIpc) is 3.10. The number of nitrogens with one attached hydrogen (secondary N) is 1. The highest BCUT2D eigenvalue weighted by Crippen LogP contribution is 2.32. The molecule has 2 amide bonds. The van der Waals surface area contributed by atoms with Crippen LogP contribution in [0.1, 0.15) is 66.2 Å². The van der Waals surface area contributed by atoms with Crippen molar-refractivity contribution in [2.45, 2.75) is 56.4 Å². The van der Waals surface area contributed by atoms with Crippen molar-refractivity contribution >= 4 is 39.1 Å². The predicted molar refractivity (Wildman–Crippen MR) is 127 cm³/mol. The Hall–Kier alpha value is -3.53. The van der Waals surface area contributed by atoms with Crippen LogP contribution in [0.25, 0.3) is 0 Å². The monoisotopic (exact) mass is 498 g/mol. The van der Waals surface area contributed by atoms with Crippen LogP contribution in [0.2, 0.25) is 0 Å². The number of carbonyl (C=O) groups excluding carboxylic acids is 4. The fourth-order valence-corrected chi connectivity index (χ4v) is 5.60. The van der Waals surface area contributed by atoms with Gasteiger partial charge in [0.2, 0.25) is 0 Å². The number of anilines is 1. The van der Waals surface area contributed by atoms with E-state index < -0.39 is 27.9 Å². The summed E-state index contributed by atoms with van der Waals surface area (Å²) in [4.78, 5) is 52.0. The number of carbonyl (C=O) groups is 4. The zero-order valence-corrected chi connectivity index (χ0v) is 20.1. The quantitative estimate of drug-likeness (QED) is 0.605. The highest BCUT2D eigenvalue weighted by Gasteiger charge is 2.43. The molecule has 4 rings (SSSR count). The van der Waals surface area contributed by atoms with Gasteiger partial charge < -0.3 is 4.74 Å². The van der Waals surface area contributed by atoms with E-state index in [9.17, 15) is 27.6 Å². The molecule has 1 unspecified atom stereocenters. The second kappa shape index (κ2) is 9.99. The number of hydrogen-bond acceptors (Lipinski definition) is 7. The number of ketones is 2. The van der Waals surface area contributed by atoms with E-state index in [4.69, 9.17) is 4.74 Å². The molecule has 184 valence electrons. The molecule has 0 bridgehead atoms. The molecular weight excluding hydrogens is 472 g/mol. The van der Waals surface area contributed by atoms with Gasteiger partial charge in [-0.1, -0.05) is 12.1 Å². The van der Waals surface area contributed by atoms with Crippen LogP contribution in [0.5, 0.6) is 5.75 Å². The molecule has 1 saturated carbocycles. The van der Waals surface area contributed by atoms with Crippen molar-refractivity contribution in [1.82, 2.24) is 4.90 Å². The van der Waals surface area contributed by atoms with Gasteiger partial charge in [0, 0.05) is 24.9 Å². The first-order valence-electron chi connectivity index (χ1n) is 11.5. The number of sulfonamides is 1. The van der Waals surface area contributed by atoms with E-state index in [0.717, 1.165) is 4.90 Å². The number of imide groups is 1. The van der Waals surface area contributed by atoms with Gasteiger partial charge in [-0.15, -0.1) is 0 Å². The average molecular weight is 499 g/mol. The van der Waals surface area contributed by atoms with E-state index in [-0.39, 0.29) is 64.9 Å². The molecule has 10 heteroatoms. The van der Waals surface area contributed by atoms with Crippen LogP contribution in [0, 0.1) is 0 Å². The standard InChI is InChI=1S/C25H26N2O7S/c1-2-34-22-9-5-6-10-23(22)35(32,33)26-16-11-13-18-19(15-16)25(31)27(24(18)30)20-14-12-17(28)7-3-4-8-21(20)29/h5-6,9-11,13,15,20,26H,2-4,7-8,12,14H2,1H3. The Morgan fingerprint density at radius 3 is 2.43 bits per heavy atom. The van der Waals surface area contributed by atoms with E-state index in [1.54, 1.807) is 25.1 Å². The highest BCUT2D eigenvalue weighted by molar-refractivity contribution is 7.92. The van der Waals surface area contributed by atoms with Gasteiger partial charge in [0.15, 0.2) is 5.78 Å². The molecule has 2 aromatic carbocycles. The number of amides is 2. The summed E-state index contributed by atoms with van der Waals surface area (Å²) in [6, 6.07) is 9.21. The molecule has 1 atom stereocenters. The molecule has 9 nitrogen and oxygen atoms in total. The minimum Gasteiger partial charge on any atom is -0.492 e. The number of benzene rings is 2. The molecule has 0 spiro atoms. The maximum Gasteiger partial charge on any atom is 0.265 e. The van der Waals surface area contributed by atoms with Gasteiger partial charge in [-0.3, -0.25) is 28.8 Å². The lowest BCUT2D eigenvalue weighted by Gasteiger charge is -2.24. The molecule has 0 radical (unpaired) electrons. The molecule has 1 N–H and O–H groups in total. The predicted octanol–water partition coefficient (Wildman–Crippen LogP) is 3.34. The van der Waals surface area contributed by atoms with Gasteiger partial charge >= 0.3 is 0 Å². The topological polar surface area (TPSA) is 127 Å². The van der Waals surface area contributed by atoms with Crippen LogP contribution < -0.4 is 9.46 Å². The summed E-state index contributed by atoms with van der Waals surface area (Å²) in [7, 11) is -4.05. The van der Waals surface area contributed by atoms with Gasteiger partial charge in [-0.2, -0.15) is 0 Å². The third-order valence-corrected chi connectivity index (χ3v) is 7.54. The zero-order chi connectivity index (χ0) is 25.2. The van der Waals surface area contributed by atoms with E-state index in [0.29, 0.717) is 19.3 Å². The van der Waals surface area contributed by atoms with Crippen molar-refractivity contribution in [2.75, 3.05) is 11.3 Å². The molecule has 1 aliphatic carbocycles. The Kier molecular flexibility index (Phi) is 7.02. The van der Waals surface area contributed by atoms with Crippen molar-refractivity contribution in [3.63, 3.8) is 0 Å². The maximum atomic E-state index is 13.2. The Morgan fingerprint density at radius 2 is 1.66 bits per heavy atom. The Balaban J connectivity index is 1.61. The highest BCUT2D eigenvalue weighted by atomic mass is 32.2. The molecule has 2 aliphatic rings. The first-order chi connectivity index (χ1) is 16.7. The van der Waals surface area contributed by atoms with Crippen LogP contribution in [0.15, 0.2) is 47.4 Å². The van der Waals surface area contributed by atoms with Gasteiger partial charge in [0.25, 0.3) is 21.8 Å². The third kappa shape index (κ3) is 4.97. The van der Waals surface area contributed by atoms with Crippen molar-refractivity contribution in [3.8, 4) is 5.75 Å². The van der Waals surface area contributed by atoms with Crippen LogP contribution in [-0.4, -0.2) is 49.3 Å². The largest absolute Gasteiger partial charge is 0.492 e. The lowest BCUT2D eigenvalue weighted by atomic mass is 10.0. The van der Waals surface area contributed by atoms with Crippen molar-refractivity contribution in [1.29, 1.82) is 0 Å². The molecule has 35 heavy (non-hydrogen) atoms. The Morgan fingerprint density at radius 1 is 0.943 bits per heavy atom. The minimum atomic E-state index is -4.05. The summed E-state index contributed by atoms with van der Waals surface area (Å²) in [6.45, 7) is 2.02. The molecule has 2 aromatic rings. The first-order valence-corrected chi connectivity index (χ1v) is 13.0. The number of hydrogen-bond donors (Lipinski definition) is 1. The van der Waals surface area contributed by atoms with Gasteiger partial charge in [-0.25, -0.2) is 8.42 Å². The van der Waals surface area contributed by atoms with Crippen LogP contribution >= 0.6 is 0 Å². The summed E-state index contributed by atoms with van der Waals surface area (Å²) < 4.78 is 33.8. The third-order valence-electron chi connectivity index (χ3n) is 6.12. The van der Waals surface area contributed by atoms with Crippen LogP contribution in [-0.2, 0) is 19.6 Å². The van der Waals surface area contributed by atoms with Crippen molar-refractivity contribution < 1.29 is 32.3 Å². The summed E-state index contributed by atoms with van der Waals surface area (Å²) in [5.74, 6) is -1.35. The first kappa shape index (κ1) is 24.6. The molecule has 1 heterocycles. The van der Waals surface area contributed by atoms with Crippen molar-refractivity contribution in [3.05, 3.63) is 53.6 Å². The summed E-state index contributed by atoms with van der Waals surface area (Å²) in [6.07, 6.45) is 1.92. The van der Waals surface area contributed by atoms with Gasteiger partial charge in [0.1, 0.15) is 16.4 Å². The second-order valence-electron chi connectivity index (χ2n) is 8.49. The van der Waals surface area contributed by atoms with E-state index >= 15 is 0 Å². The smallest absolute Gasteiger partial charge is 0.265 e. The number of para-hydroxylation sites is 1. The molecule has 1 fully saturated rings. The van der Waals surface area contributed by atoms with E-state index in [2.05, 4.69) is 4.72 Å². The van der Waals surface area contributed by atoms with E-state index in [1.807, 2.05) is 0 Å². The normalized spacial score (nSPS) is 19.1. The molecule has 1 aliphatic heterocycles. The number of Topliss-reactive ketones (excluding diaryl/α,β-unsaturated/α-hetero) is 2. The minimum absolute atomic E-state index is 0.00494. The van der Waals surface area contributed by atoms with Crippen LogP contribution in [0.3, 0.4) is 0 Å². The lowest BCUT2D eigenvalue weighted by molar-refractivity contribution is -0.123. The van der Waals surface area contributed by atoms with Crippen molar-refractivity contribution in [2.24, 2.45) is 0 Å². The number of rotatable bonds is 6. The number of nitrogens with zero attached hydrogens (tertiary/aromatic N) is 1. The van der Waals surface area contributed by atoms with Gasteiger partial charge in [-0.05, 0) is 56.5 Å². The summed E-state index contributed by atoms with van der Waals surface area (Å²) in [5, 5.41) is 0. The molecule has 0 saturated heterocycles. The fourth-order valence-electron chi connectivity index (χ4n) is 4.41. The Bertz CT molecular complexity index is 1300. The molecular formula is C25H26N2O7S. The lowest BCUT2D eigenvalue weighted by Crippen LogP contribution is -2.45. The molecule has 0 aromatic heterocycles. The maximum absolute atomic E-state index is 13.2. The summed E-state index contributed by atoms with van der Waals surface area (Å²) in [5.41, 5.74) is 0.188. The SMILES string of the molecule is CCOc1ccccc1S(=O)(=O)Nc1ccc2c(c1)C(=O)N(C1CCC(=O)CCCCC1=O)C2=O. The summed E-state index contributed by atoms with van der Waals surface area (Å²) >= 11 is 0. The van der Waals surface area contributed by atoms with Crippen LogP contribution in [0.4, 0.5) is 5.69 Å². The van der Waals surface area contributed by atoms with E-state index in [1.165, 1.54) is 24.3 Å². The Labute approximate surface area is 203 Å². The number of ether oxygens (including phenoxy) is 1. The van der Waals surface area contributed by atoms with Gasteiger partial charge in [0.05, 0.1) is 23.8 Å². The second-order valence-corrected chi connectivity index (χ2v) is 10.1. The number of fused-ring (bicyclic) bond motifs is 1. The zero-order valence-electron chi connectivity index (χ0n) is 19.3. The fraction of sp³-hybridized carbons (Fsp3) is 0.360.